The van der Waals surface area contributed by atoms with Gasteiger partial charge in [0.1, 0.15) is 11.8 Å². The van der Waals surface area contributed by atoms with Crippen molar-refractivity contribution in [1.29, 1.82) is 0 Å². The van der Waals surface area contributed by atoms with E-state index in [0.29, 0.717) is 11.8 Å². The number of rotatable bonds is 5. The van der Waals surface area contributed by atoms with Crippen molar-refractivity contribution in [3.63, 3.8) is 0 Å². The molecule has 2 aromatic rings. The Hall–Kier alpha value is -2.47. The van der Waals surface area contributed by atoms with E-state index in [4.69, 9.17) is 0 Å². The summed E-state index contributed by atoms with van der Waals surface area (Å²) in [5, 5.41) is 3.22. The van der Waals surface area contributed by atoms with Gasteiger partial charge < -0.3 is 5.32 Å². The Kier molecular flexibility index (Phi) is 5.27. The summed E-state index contributed by atoms with van der Waals surface area (Å²) in [5.74, 6) is 0.0664. The molecular weight excluding hydrogens is 459 g/mol. The number of nitrogens with zero attached hydrogens (tertiary/aromatic N) is 4. The van der Waals surface area contributed by atoms with Gasteiger partial charge in [-0.2, -0.15) is 9.29 Å². The Morgan fingerprint density at radius 3 is 2.70 bits per heavy atom. The van der Waals surface area contributed by atoms with Crippen molar-refractivity contribution < 1.29 is 21.6 Å². The number of hydrogen-bond donors (Lipinski definition) is 1. The van der Waals surface area contributed by atoms with Crippen LogP contribution in [0.2, 0.25) is 0 Å². The first-order valence-corrected chi connectivity index (χ1v) is 12.7. The van der Waals surface area contributed by atoms with Gasteiger partial charge in [-0.25, -0.2) is 26.6 Å². The standard InChI is InChI=1S/C21H24F3N5O3S/c1-33(31,32)28-8-4-15(14(22)11-28)26-20-25-10-12-9-13(17(23)24)19(30)29(18(12)27-20)16-3-2-5-21(16)6-7-21/h2,5,9-10,14-17H,3-4,6-8,11H2,1H3,(H,25,26,27)/t14?,15?,16-/m1/s1. The van der Waals surface area contributed by atoms with Crippen LogP contribution in [-0.2, 0) is 10.0 Å². The highest BCUT2D eigenvalue weighted by Crippen LogP contribution is 2.59. The Labute approximate surface area is 188 Å². The summed E-state index contributed by atoms with van der Waals surface area (Å²) in [7, 11) is -3.49. The van der Waals surface area contributed by atoms with Crippen molar-refractivity contribution in [3.8, 4) is 0 Å². The number of sulfonamides is 1. The van der Waals surface area contributed by atoms with Gasteiger partial charge in [-0.1, -0.05) is 12.2 Å². The molecule has 2 unspecified atom stereocenters. The van der Waals surface area contributed by atoms with E-state index in [2.05, 4.69) is 21.4 Å². The van der Waals surface area contributed by atoms with Gasteiger partial charge in [-0.3, -0.25) is 9.36 Å². The summed E-state index contributed by atoms with van der Waals surface area (Å²) in [5.41, 5.74) is -1.34. The molecule has 8 nitrogen and oxygen atoms in total. The minimum Gasteiger partial charge on any atom is -0.348 e. The van der Waals surface area contributed by atoms with Crippen LogP contribution in [0.15, 0.2) is 29.2 Å². The summed E-state index contributed by atoms with van der Waals surface area (Å²) in [6.07, 6.45) is 4.51. The molecule has 5 rings (SSSR count). The molecule has 2 fully saturated rings. The summed E-state index contributed by atoms with van der Waals surface area (Å²) in [6.45, 7) is -0.119. The zero-order chi connectivity index (χ0) is 23.5. The number of allylic oxidation sites excluding steroid dienone is 2. The molecule has 1 aliphatic heterocycles. The van der Waals surface area contributed by atoms with Gasteiger partial charge in [-0.05, 0) is 31.7 Å². The largest absolute Gasteiger partial charge is 0.348 e. The molecular formula is C21H24F3N5O3S. The number of alkyl halides is 3. The average molecular weight is 484 g/mol. The van der Waals surface area contributed by atoms with Gasteiger partial charge in [-0.15, -0.1) is 0 Å². The first-order valence-electron chi connectivity index (χ1n) is 10.8. The minimum atomic E-state index is -3.49. The number of piperidine rings is 1. The summed E-state index contributed by atoms with van der Waals surface area (Å²) in [6, 6.07) is 0.0948. The van der Waals surface area contributed by atoms with Gasteiger partial charge in [0.15, 0.2) is 0 Å². The van der Waals surface area contributed by atoms with E-state index in [1.54, 1.807) is 0 Å². The van der Waals surface area contributed by atoms with E-state index in [0.717, 1.165) is 29.5 Å². The second-order valence-electron chi connectivity index (χ2n) is 9.11. The number of pyridine rings is 1. The van der Waals surface area contributed by atoms with Crippen molar-refractivity contribution >= 4 is 27.0 Å². The van der Waals surface area contributed by atoms with Crippen LogP contribution in [0, 0.1) is 5.41 Å². The molecule has 1 spiro atoms. The second-order valence-corrected chi connectivity index (χ2v) is 11.1. The average Bonchev–Trinajstić information content (AvgIpc) is 3.41. The first kappa shape index (κ1) is 22.3. The molecule has 178 valence electrons. The predicted molar refractivity (Wildman–Crippen MR) is 117 cm³/mol. The molecule has 2 aliphatic carbocycles. The quantitative estimate of drug-likeness (QED) is 0.657. The molecule has 12 heteroatoms. The number of halogens is 3. The Bertz CT molecular complexity index is 1290. The first-order chi connectivity index (χ1) is 15.6. The SMILES string of the molecule is CS(=O)(=O)N1CCC(Nc2ncc3cc(C(F)F)c(=O)n([C@@H]4CC=CC45CC5)c3n2)C(F)C1. The predicted octanol–water partition coefficient (Wildman–Crippen LogP) is 2.79. The van der Waals surface area contributed by atoms with Crippen molar-refractivity contribution in [2.75, 3.05) is 24.7 Å². The van der Waals surface area contributed by atoms with E-state index in [1.807, 2.05) is 6.08 Å². The maximum absolute atomic E-state index is 14.7. The van der Waals surface area contributed by atoms with E-state index < -0.39 is 39.8 Å². The fourth-order valence-electron chi connectivity index (χ4n) is 4.95. The van der Waals surface area contributed by atoms with E-state index >= 15 is 0 Å². The lowest BCUT2D eigenvalue weighted by atomic mass is 9.99. The number of aromatic nitrogens is 3. The van der Waals surface area contributed by atoms with Crippen LogP contribution in [0.1, 0.15) is 43.7 Å². The lowest BCUT2D eigenvalue weighted by Crippen LogP contribution is -2.49. The highest BCUT2D eigenvalue weighted by atomic mass is 32.2. The fraction of sp³-hybridized carbons (Fsp3) is 0.571. The van der Waals surface area contributed by atoms with Crippen LogP contribution in [-0.4, -0.2) is 58.8 Å². The molecule has 0 radical (unpaired) electrons. The monoisotopic (exact) mass is 483 g/mol. The zero-order valence-corrected chi connectivity index (χ0v) is 18.7. The minimum absolute atomic E-state index is 0.0664. The molecule has 1 N–H and O–H groups in total. The van der Waals surface area contributed by atoms with Crippen LogP contribution in [0.25, 0.3) is 11.0 Å². The third-order valence-electron chi connectivity index (χ3n) is 6.94. The lowest BCUT2D eigenvalue weighted by molar-refractivity contribution is 0.148. The highest BCUT2D eigenvalue weighted by molar-refractivity contribution is 7.88. The Morgan fingerprint density at radius 1 is 1.30 bits per heavy atom. The molecule has 2 aromatic heterocycles. The van der Waals surface area contributed by atoms with Crippen LogP contribution in [0.5, 0.6) is 0 Å². The van der Waals surface area contributed by atoms with E-state index in [1.165, 1.54) is 10.8 Å². The summed E-state index contributed by atoms with van der Waals surface area (Å²) in [4.78, 5) is 21.7. The van der Waals surface area contributed by atoms with E-state index in [9.17, 15) is 26.4 Å². The van der Waals surface area contributed by atoms with Gasteiger partial charge in [0, 0.05) is 30.1 Å². The molecule has 0 amide bonds. The normalized spacial score (nSPS) is 27.0. The van der Waals surface area contributed by atoms with Crippen molar-refractivity contribution in [3.05, 3.63) is 40.3 Å². The van der Waals surface area contributed by atoms with Crippen molar-refractivity contribution in [2.45, 2.75) is 50.4 Å². The highest BCUT2D eigenvalue weighted by Gasteiger charge is 2.51. The Morgan fingerprint density at radius 2 is 2.06 bits per heavy atom. The molecule has 0 bridgehead atoms. The molecule has 3 heterocycles. The van der Waals surface area contributed by atoms with Gasteiger partial charge in [0.2, 0.25) is 16.0 Å². The molecule has 1 saturated carbocycles. The van der Waals surface area contributed by atoms with Crippen LogP contribution >= 0.6 is 0 Å². The number of hydrogen-bond acceptors (Lipinski definition) is 6. The van der Waals surface area contributed by atoms with Gasteiger partial charge in [0.25, 0.3) is 12.0 Å². The van der Waals surface area contributed by atoms with Crippen LogP contribution in [0.3, 0.4) is 0 Å². The molecule has 33 heavy (non-hydrogen) atoms. The van der Waals surface area contributed by atoms with Crippen LogP contribution in [0.4, 0.5) is 19.1 Å². The van der Waals surface area contributed by atoms with Gasteiger partial charge in [0.05, 0.1) is 23.9 Å². The maximum Gasteiger partial charge on any atom is 0.269 e. The summed E-state index contributed by atoms with van der Waals surface area (Å²) >= 11 is 0. The number of fused-ring (bicyclic) bond motifs is 1. The number of anilines is 1. The fourth-order valence-corrected chi connectivity index (χ4v) is 5.80. The number of nitrogens with one attached hydrogen (secondary N) is 1. The topological polar surface area (TPSA) is 97.2 Å². The smallest absolute Gasteiger partial charge is 0.269 e. The van der Waals surface area contributed by atoms with Gasteiger partial charge >= 0.3 is 0 Å². The van der Waals surface area contributed by atoms with Crippen LogP contribution < -0.4 is 10.9 Å². The van der Waals surface area contributed by atoms with E-state index in [-0.39, 0.29) is 42.6 Å². The molecule has 3 atom stereocenters. The zero-order valence-electron chi connectivity index (χ0n) is 17.9. The second kappa shape index (κ2) is 7.79. The molecule has 3 aliphatic rings. The van der Waals surface area contributed by atoms with Crippen molar-refractivity contribution in [1.82, 2.24) is 18.8 Å². The molecule has 0 aromatic carbocycles. The maximum atomic E-state index is 14.7. The third kappa shape index (κ3) is 3.92. The third-order valence-corrected chi connectivity index (χ3v) is 8.21. The molecule has 1 saturated heterocycles. The van der Waals surface area contributed by atoms with Crippen molar-refractivity contribution in [2.24, 2.45) is 5.41 Å². The summed E-state index contributed by atoms with van der Waals surface area (Å²) < 4.78 is 67.7. The lowest BCUT2D eigenvalue weighted by Gasteiger charge is -2.33. The Balaban J connectivity index is 1.51.